The van der Waals surface area contributed by atoms with Crippen LogP contribution in [0.2, 0.25) is 0 Å². The first-order valence-electron chi connectivity index (χ1n) is 9.12. The Hall–Kier alpha value is -3.58. The van der Waals surface area contributed by atoms with Crippen molar-refractivity contribution < 1.29 is 9.84 Å². The van der Waals surface area contributed by atoms with E-state index in [1.807, 2.05) is 53.1 Å². The van der Waals surface area contributed by atoms with E-state index in [4.69, 9.17) is 4.74 Å². The smallest absolute Gasteiger partial charge is 0.330 e. The van der Waals surface area contributed by atoms with Gasteiger partial charge >= 0.3 is 5.69 Å². The van der Waals surface area contributed by atoms with Crippen molar-refractivity contribution in [2.45, 2.75) is 6.61 Å². The van der Waals surface area contributed by atoms with Gasteiger partial charge in [0.25, 0.3) is 5.56 Å². The highest BCUT2D eigenvalue weighted by Crippen LogP contribution is 2.32. The predicted octanol–water partition coefficient (Wildman–Crippen LogP) is 2.20. The summed E-state index contributed by atoms with van der Waals surface area (Å²) in [4.78, 5) is 25.5. The molecule has 4 aromatic rings. The Morgan fingerprint density at radius 1 is 0.966 bits per heavy atom. The molecule has 0 unspecified atom stereocenters. The highest BCUT2D eigenvalue weighted by molar-refractivity contribution is 5.95. The third-order valence-electron chi connectivity index (χ3n) is 5.22. The highest BCUT2D eigenvalue weighted by atomic mass is 16.5. The van der Waals surface area contributed by atoms with E-state index in [1.54, 1.807) is 20.4 Å². The number of fused-ring (bicyclic) bond motifs is 1. The molecular formula is C22H21N3O4. The standard InChI is InChI=1S/C22H21N3O4/c1-23-18-12-25(17-7-5-4-6-15(17)13-26)20(14-8-10-16(29-3)11-9-14)19(18)21(27)24(2)22(23)28/h4-12,26H,13H2,1-3H3. The minimum atomic E-state index is -0.392. The molecule has 0 fully saturated rings. The molecule has 148 valence electrons. The molecule has 1 N–H and O–H groups in total. The third kappa shape index (κ3) is 2.87. The number of aliphatic hydroxyl groups is 1. The van der Waals surface area contributed by atoms with E-state index in [9.17, 15) is 14.7 Å². The second-order valence-corrected chi connectivity index (χ2v) is 6.83. The largest absolute Gasteiger partial charge is 0.497 e. The average molecular weight is 391 g/mol. The van der Waals surface area contributed by atoms with Gasteiger partial charge < -0.3 is 14.4 Å². The number of ether oxygens (including phenoxy) is 1. The molecule has 0 atom stereocenters. The minimum absolute atomic E-state index is 0.149. The van der Waals surface area contributed by atoms with Gasteiger partial charge in [-0.1, -0.05) is 18.2 Å². The molecule has 2 aromatic heterocycles. The van der Waals surface area contributed by atoms with E-state index in [0.29, 0.717) is 27.9 Å². The van der Waals surface area contributed by atoms with Crippen LogP contribution in [0.1, 0.15) is 5.56 Å². The lowest BCUT2D eigenvalue weighted by Crippen LogP contribution is -2.36. The van der Waals surface area contributed by atoms with Crippen LogP contribution in [0.5, 0.6) is 5.75 Å². The van der Waals surface area contributed by atoms with Crippen molar-refractivity contribution in [3.05, 3.63) is 81.1 Å². The summed E-state index contributed by atoms with van der Waals surface area (Å²) in [5.74, 6) is 0.701. The van der Waals surface area contributed by atoms with Crippen molar-refractivity contribution >= 4 is 10.9 Å². The lowest BCUT2D eigenvalue weighted by atomic mass is 10.1. The summed E-state index contributed by atoms with van der Waals surface area (Å²) in [5, 5.41) is 10.3. The molecule has 29 heavy (non-hydrogen) atoms. The van der Waals surface area contributed by atoms with Crippen LogP contribution in [-0.2, 0) is 20.7 Å². The lowest BCUT2D eigenvalue weighted by Gasteiger charge is -2.13. The maximum atomic E-state index is 13.1. The molecule has 0 aliphatic carbocycles. The van der Waals surface area contributed by atoms with E-state index in [2.05, 4.69) is 0 Å². The molecule has 0 bridgehead atoms. The van der Waals surface area contributed by atoms with Gasteiger partial charge in [0.15, 0.2) is 0 Å². The molecule has 0 saturated carbocycles. The second-order valence-electron chi connectivity index (χ2n) is 6.83. The Morgan fingerprint density at radius 2 is 1.66 bits per heavy atom. The summed E-state index contributed by atoms with van der Waals surface area (Å²) < 4.78 is 9.68. The van der Waals surface area contributed by atoms with Crippen LogP contribution in [0.15, 0.2) is 64.3 Å². The molecule has 0 amide bonds. The number of methoxy groups -OCH3 is 1. The van der Waals surface area contributed by atoms with E-state index in [0.717, 1.165) is 15.8 Å². The summed E-state index contributed by atoms with van der Waals surface area (Å²) in [5.41, 5.74) is 2.67. The first-order valence-corrected chi connectivity index (χ1v) is 9.12. The highest BCUT2D eigenvalue weighted by Gasteiger charge is 2.21. The van der Waals surface area contributed by atoms with Gasteiger partial charge in [-0.25, -0.2) is 4.79 Å². The number of benzene rings is 2. The number of rotatable bonds is 4. The number of nitrogens with zero attached hydrogens (tertiary/aromatic N) is 3. The van der Waals surface area contributed by atoms with Gasteiger partial charge in [0.05, 0.1) is 36.0 Å². The van der Waals surface area contributed by atoms with Gasteiger partial charge in [0, 0.05) is 25.9 Å². The van der Waals surface area contributed by atoms with Crippen LogP contribution in [0.4, 0.5) is 0 Å². The quantitative estimate of drug-likeness (QED) is 0.579. The fourth-order valence-electron chi connectivity index (χ4n) is 3.64. The number of hydrogen-bond acceptors (Lipinski definition) is 4. The molecule has 7 nitrogen and oxygen atoms in total. The van der Waals surface area contributed by atoms with Crippen LogP contribution < -0.4 is 16.0 Å². The van der Waals surface area contributed by atoms with Gasteiger partial charge in [-0.2, -0.15) is 0 Å². The van der Waals surface area contributed by atoms with Gasteiger partial charge in [0.2, 0.25) is 0 Å². The summed E-state index contributed by atoms with van der Waals surface area (Å²) in [6.45, 7) is -0.149. The van der Waals surface area contributed by atoms with Crippen molar-refractivity contribution in [1.82, 2.24) is 13.7 Å². The first kappa shape index (κ1) is 18.8. The van der Waals surface area contributed by atoms with Crippen molar-refractivity contribution in [3.8, 4) is 22.7 Å². The summed E-state index contributed by atoms with van der Waals surface area (Å²) in [6.07, 6.45) is 1.77. The van der Waals surface area contributed by atoms with E-state index >= 15 is 0 Å². The molecule has 7 heteroatoms. The Morgan fingerprint density at radius 3 is 2.31 bits per heavy atom. The predicted molar refractivity (Wildman–Crippen MR) is 112 cm³/mol. The second kappa shape index (κ2) is 7.10. The normalized spacial score (nSPS) is 11.2. The number of aliphatic hydroxyl groups excluding tert-OH is 1. The fourth-order valence-corrected chi connectivity index (χ4v) is 3.64. The molecule has 4 rings (SSSR count). The maximum absolute atomic E-state index is 13.1. The zero-order chi connectivity index (χ0) is 20.7. The van der Waals surface area contributed by atoms with Gasteiger partial charge in [-0.15, -0.1) is 0 Å². The van der Waals surface area contributed by atoms with Crippen LogP contribution in [0.25, 0.3) is 27.8 Å². The van der Waals surface area contributed by atoms with Crippen LogP contribution >= 0.6 is 0 Å². The number of hydrogen-bond donors (Lipinski definition) is 1. The summed E-state index contributed by atoms with van der Waals surface area (Å²) in [6, 6.07) is 14.8. The molecule has 2 heterocycles. The first-order chi connectivity index (χ1) is 14.0. The van der Waals surface area contributed by atoms with Crippen molar-refractivity contribution in [1.29, 1.82) is 0 Å². The molecule has 2 aromatic carbocycles. The zero-order valence-electron chi connectivity index (χ0n) is 16.4. The third-order valence-corrected chi connectivity index (χ3v) is 5.22. The van der Waals surface area contributed by atoms with Crippen molar-refractivity contribution in [2.24, 2.45) is 14.1 Å². The number of para-hydroxylation sites is 1. The fraction of sp³-hybridized carbons (Fsp3) is 0.182. The lowest BCUT2D eigenvalue weighted by molar-refractivity contribution is 0.281. The molecule has 0 radical (unpaired) electrons. The topological polar surface area (TPSA) is 78.4 Å². The average Bonchev–Trinajstić information content (AvgIpc) is 3.16. The van der Waals surface area contributed by atoms with Crippen LogP contribution in [0, 0.1) is 0 Å². The number of aryl methyl sites for hydroxylation is 1. The van der Waals surface area contributed by atoms with Crippen molar-refractivity contribution in [3.63, 3.8) is 0 Å². The maximum Gasteiger partial charge on any atom is 0.330 e. The van der Waals surface area contributed by atoms with Gasteiger partial charge in [0.1, 0.15) is 5.75 Å². The molecule has 0 spiro atoms. The minimum Gasteiger partial charge on any atom is -0.497 e. The molecule has 0 saturated heterocycles. The number of aromatic nitrogens is 3. The summed E-state index contributed by atoms with van der Waals surface area (Å²) >= 11 is 0. The zero-order valence-corrected chi connectivity index (χ0v) is 16.4. The molecule has 0 aliphatic heterocycles. The van der Waals surface area contributed by atoms with Gasteiger partial charge in [-0.05, 0) is 35.9 Å². The SMILES string of the molecule is COc1ccc(-c2c3c(=O)n(C)c(=O)n(C)c3cn2-c2ccccc2CO)cc1. The van der Waals surface area contributed by atoms with E-state index in [1.165, 1.54) is 11.6 Å². The molecule has 0 aliphatic rings. The van der Waals surface area contributed by atoms with Gasteiger partial charge in [-0.3, -0.25) is 13.9 Å². The van der Waals surface area contributed by atoms with Crippen molar-refractivity contribution in [2.75, 3.05) is 7.11 Å². The van der Waals surface area contributed by atoms with E-state index < -0.39 is 5.69 Å². The van der Waals surface area contributed by atoms with Crippen LogP contribution in [-0.4, -0.2) is 25.9 Å². The van der Waals surface area contributed by atoms with E-state index in [-0.39, 0.29) is 12.2 Å². The Labute approximate surface area is 166 Å². The Kier molecular flexibility index (Phi) is 4.60. The Bertz CT molecular complexity index is 1330. The van der Waals surface area contributed by atoms with Crippen LogP contribution in [0.3, 0.4) is 0 Å². The monoisotopic (exact) mass is 391 g/mol. The summed E-state index contributed by atoms with van der Waals surface area (Å²) in [7, 11) is 4.71. The Balaban J connectivity index is 2.18. The molecular weight excluding hydrogens is 370 g/mol.